The molecule has 22 heavy (non-hydrogen) atoms. The first kappa shape index (κ1) is 15.8. The molecule has 1 N–H and O–H groups in total. The molecule has 2 aromatic rings. The predicted octanol–water partition coefficient (Wildman–Crippen LogP) is 3.82. The first-order chi connectivity index (χ1) is 10.6. The number of esters is 1. The average Bonchev–Trinajstić information content (AvgIpc) is 2.50. The largest absolute Gasteiger partial charge is 0.423 e. The normalized spacial score (nSPS) is 10.1. The number of carbonyl (C=O) groups is 2. The minimum absolute atomic E-state index is 0.142. The monoisotopic (exact) mass is 297 g/mol. The highest BCUT2D eigenvalue weighted by Crippen LogP contribution is 2.17. The van der Waals surface area contributed by atoms with Crippen molar-refractivity contribution in [2.75, 3.05) is 5.32 Å². The number of carbonyl (C=O) groups excluding carboxylic acids is 2. The molecule has 0 unspecified atom stereocenters. The van der Waals surface area contributed by atoms with Gasteiger partial charge in [-0.1, -0.05) is 25.5 Å². The van der Waals surface area contributed by atoms with Crippen LogP contribution in [0.4, 0.5) is 5.69 Å². The van der Waals surface area contributed by atoms with Gasteiger partial charge in [-0.15, -0.1) is 0 Å². The molecule has 0 heterocycles. The van der Waals surface area contributed by atoms with Gasteiger partial charge >= 0.3 is 5.97 Å². The fourth-order valence-electron chi connectivity index (χ4n) is 2.07. The predicted molar refractivity (Wildman–Crippen MR) is 86.1 cm³/mol. The van der Waals surface area contributed by atoms with Gasteiger partial charge in [-0.2, -0.15) is 0 Å². The van der Waals surface area contributed by atoms with Gasteiger partial charge in [0.25, 0.3) is 0 Å². The topological polar surface area (TPSA) is 55.4 Å². The number of aryl methyl sites for hydroxylation is 1. The number of benzene rings is 2. The van der Waals surface area contributed by atoms with E-state index in [1.165, 1.54) is 12.5 Å². The highest BCUT2D eigenvalue weighted by molar-refractivity contribution is 5.91. The molecule has 1 amide bonds. The molecule has 0 spiro atoms. The van der Waals surface area contributed by atoms with Crippen LogP contribution in [0.3, 0.4) is 0 Å². The Labute approximate surface area is 130 Å². The van der Waals surface area contributed by atoms with Gasteiger partial charge in [-0.05, 0) is 48.4 Å². The van der Waals surface area contributed by atoms with E-state index in [1.807, 2.05) is 12.1 Å². The third-order valence-electron chi connectivity index (χ3n) is 3.11. The van der Waals surface area contributed by atoms with E-state index in [9.17, 15) is 9.59 Å². The zero-order valence-corrected chi connectivity index (χ0v) is 12.8. The van der Waals surface area contributed by atoms with E-state index < -0.39 is 5.97 Å². The summed E-state index contributed by atoms with van der Waals surface area (Å²) in [4.78, 5) is 23.0. The van der Waals surface area contributed by atoms with E-state index in [0.29, 0.717) is 17.0 Å². The van der Waals surface area contributed by atoms with Crippen molar-refractivity contribution in [1.29, 1.82) is 0 Å². The molecule has 0 aliphatic heterocycles. The Kier molecular flexibility index (Phi) is 5.31. The van der Waals surface area contributed by atoms with E-state index in [-0.39, 0.29) is 5.91 Å². The van der Waals surface area contributed by atoms with Crippen LogP contribution in [-0.4, -0.2) is 11.9 Å². The molecule has 0 fully saturated rings. The minimum atomic E-state index is -0.393. The van der Waals surface area contributed by atoms with Crippen LogP contribution in [0.2, 0.25) is 0 Å². The van der Waals surface area contributed by atoms with Crippen molar-refractivity contribution in [1.82, 2.24) is 0 Å². The Balaban J connectivity index is 2.00. The van der Waals surface area contributed by atoms with E-state index in [1.54, 1.807) is 36.4 Å². The van der Waals surface area contributed by atoms with E-state index in [2.05, 4.69) is 12.2 Å². The standard InChI is InChI=1S/C18H19NO3/c1-3-4-14-5-7-15(8-6-14)18(21)22-17-11-9-16(10-12-17)19-13(2)20/h5-12H,3-4H2,1-2H3,(H,19,20). The van der Waals surface area contributed by atoms with E-state index in [4.69, 9.17) is 4.74 Å². The lowest BCUT2D eigenvalue weighted by molar-refractivity contribution is -0.114. The smallest absolute Gasteiger partial charge is 0.343 e. The zero-order valence-electron chi connectivity index (χ0n) is 12.8. The second-order valence-corrected chi connectivity index (χ2v) is 5.04. The van der Waals surface area contributed by atoms with Crippen LogP contribution in [0.5, 0.6) is 5.75 Å². The van der Waals surface area contributed by atoms with Crippen LogP contribution in [-0.2, 0) is 11.2 Å². The Morgan fingerprint density at radius 2 is 1.64 bits per heavy atom. The minimum Gasteiger partial charge on any atom is -0.423 e. The number of nitrogens with one attached hydrogen (secondary N) is 1. The molecule has 0 saturated heterocycles. The van der Waals surface area contributed by atoms with Crippen LogP contribution >= 0.6 is 0 Å². The number of rotatable bonds is 5. The number of anilines is 1. The van der Waals surface area contributed by atoms with Crippen molar-refractivity contribution >= 4 is 17.6 Å². The second kappa shape index (κ2) is 7.41. The summed E-state index contributed by atoms with van der Waals surface area (Å²) in [6, 6.07) is 14.1. The van der Waals surface area contributed by atoms with Gasteiger partial charge in [0, 0.05) is 12.6 Å². The fourth-order valence-corrected chi connectivity index (χ4v) is 2.07. The maximum absolute atomic E-state index is 12.1. The third-order valence-corrected chi connectivity index (χ3v) is 3.11. The van der Waals surface area contributed by atoms with Crippen molar-refractivity contribution in [3.05, 3.63) is 59.7 Å². The fraction of sp³-hybridized carbons (Fsp3) is 0.222. The molecule has 0 atom stereocenters. The highest BCUT2D eigenvalue weighted by atomic mass is 16.5. The van der Waals surface area contributed by atoms with Gasteiger partial charge in [-0.25, -0.2) is 4.79 Å². The van der Waals surface area contributed by atoms with Gasteiger partial charge < -0.3 is 10.1 Å². The van der Waals surface area contributed by atoms with Crippen molar-refractivity contribution in [3.8, 4) is 5.75 Å². The van der Waals surface area contributed by atoms with Crippen LogP contribution in [0.25, 0.3) is 0 Å². The summed E-state index contributed by atoms with van der Waals surface area (Å²) in [6.07, 6.45) is 2.07. The van der Waals surface area contributed by atoms with E-state index >= 15 is 0 Å². The summed E-state index contributed by atoms with van der Waals surface area (Å²) in [5, 5.41) is 2.66. The second-order valence-electron chi connectivity index (χ2n) is 5.04. The summed E-state index contributed by atoms with van der Waals surface area (Å²) in [5.41, 5.74) is 2.39. The van der Waals surface area contributed by atoms with Gasteiger partial charge in [0.2, 0.25) is 5.91 Å². The van der Waals surface area contributed by atoms with Crippen LogP contribution < -0.4 is 10.1 Å². The van der Waals surface area contributed by atoms with Gasteiger partial charge in [0.15, 0.2) is 0 Å². The molecule has 0 aliphatic rings. The summed E-state index contributed by atoms with van der Waals surface area (Å²) >= 11 is 0. The lowest BCUT2D eigenvalue weighted by Crippen LogP contribution is -2.09. The van der Waals surface area contributed by atoms with Crippen molar-refractivity contribution in [2.24, 2.45) is 0 Å². The Hall–Kier alpha value is -2.62. The molecule has 2 aromatic carbocycles. The Morgan fingerprint density at radius 1 is 1.00 bits per heavy atom. The van der Waals surface area contributed by atoms with Crippen molar-refractivity contribution in [3.63, 3.8) is 0 Å². The molecular formula is C18H19NO3. The number of hydrogen-bond donors (Lipinski definition) is 1. The molecular weight excluding hydrogens is 278 g/mol. The molecule has 114 valence electrons. The molecule has 0 saturated carbocycles. The molecule has 0 aliphatic carbocycles. The maximum Gasteiger partial charge on any atom is 0.343 e. The highest BCUT2D eigenvalue weighted by Gasteiger charge is 2.08. The average molecular weight is 297 g/mol. The van der Waals surface area contributed by atoms with Crippen LogP contribution in [0.15, 0.2) is 48.5 Å². The molecule has 4 nitrogen and oxygen atoms in total. The molecule has 2 rings (SSSR count). The van der Waals surface area contributed by atoms with Gasteiger partial charge in [0.05, 0.1) is 5.56 Å². The SMILES string of the molecule is CCCc1ccc(C(=O)Oc2ccc(NC(C)=O)cc2)cc1. The maximum atomic E-state index is 12.1. The molecule has 4 heteroatoms. The number of hydrogen-bond acceptors (Lipinski definition) is 3. The summed E-state index contributed by atoms with van der Waals surface area (Å²) in [7, 11) is 0. The van der Waals surface area contributed by atoms with Crippen molar-refractivity contribution in [2.45, 2.75) is 26.7 Å². The van der Waals surface area contributed by atoms with Crippen LogP contribution in [0.1, 0.15) is 36.2 Å². The Morgan fingerprint density at radius 3 is 2.18 bits per heavy atom. The third kappa shape index (κ3) is 4.45. The summed E-state index contributed by atoms with van der Waals surface area (Å²) in [5.74, 6) is -0.0935. The lowest BCUT2D eigenvalue weighted by atomic mass is 10.1. The van der Waals surface area contributed by atoms with Gasteiger partial charge in [-0.3, -0.25) is 4.79 Å². The Bertz CT molecular complexity index is 645. The zero-order chi connectivity index (χ0) is 15.9. The van der Waals surface area contributed by atoms with Crippen molar-refractivity contribution < 1.29 is 14.3 Å². The molecule has 0 radical (unpaired) electrons. The summed E-state index contributed by atoms with van der Waals surface area (Å²) < 4.78 is 5.31. The number of ether oxygens (including phenoxy) is 1. The van der Waals surface area contributed by atoms with E-state index in [0.717, 1.165) is 12.8 Å². The first-order valence-corrected chi connectivity index (χ1v) is 7.27. The van der Waals surface area contributed by atoms with Crippen LogP contribution in [0, 0.1) is 0 Å². The quantitative estimate of drug-likeness (QED) is 0.674. The molecule has 0 bridgehead atoms. The molecule has 0 aromatic heterocycles. The lowest BCUT2D eigenvalue weighted by Gasteiger charge is -2.07. The number of amides is 1. The first-order valence-electron chi connectivity index (χ1n) is 7.27. The van der Waals surface area contributed by atoms with Gasteiger partial charge in [0.1, 0.15) is 5.75 Å². The summed E-state index contributed by atoms with van der Waals surface area (Å²) in [6.45, 7) is 3.56.